The summed E-state index contributed by atoms with van der Waals surface area (Å²) in [5.74, 6) is 1.65. The maximum atomic E-state index is 5.79. The van der Waals surface area contributed by atoms with Gasteiger partial charge in [-0.1, -0.05) is 13.0 Å². The minimum atomic E-state index is 0.186. The molecule has 1 atom stereocenters. The zero-order chi connectivity index (χ0) is 12.1. The summed E-state index contributed by atoms with van der Waals surface area (Å²) < 4.78 is 11.1. The van der Waals surface area contributed by atoms with E-state index in [-0.39, 0.29) is 6.04 Å². The molecule has 0 aromatic heterocycles. The van der Waals surface area contributed by atoms with Gasteiger partial charge in [0.25, 0.3) is 0 Å². The van der Waals surface area contributed by atoms with Crippen LogP contribution in [0.3, 0.4) is 0 Å². The summed E-state index contributed by atoms with van der Waals surface area (Å²) >= 11 is 0. The minimum absolute atomic E-state index is 0.186. The number of rotatable bonds is 5. The van der Waals surface area contributed by atoms with Gasteiger partial charge < -0.3 is 20.5 Å². The van der Waals surface area contributed by atoms with Gasteiger partial charge in [-0.3, -0.25) is 0 Å². The molecule has 0 radical (unpaired) electrons. The second-order valence-electron chi connectivity index (χ2n) is 4.15. The van der Waals surface area contributed by atoms with E-state index in [4.69, 9.17) is 15.2 Å². The van der Waals surface area contributed by atoms with Crippen LogP contribution in [-0.4, -0.2) is 26.3 Å². The lowest BCUT2D eigenvalue weighted by Gasteiger charge is -2.22. The van der Waals surface area contributed by atoms with Crippen LogP contribution >= 0.6 is 0 Å². The first-order valence-electron chi connectivity index (χ1n) is 6.18. The highest BCUT2D eigenvalue weighted by Crippen LogP contribution is 2.32. The van der Waals surface area contributed by atoms with E-state index in [2.05, 4.69) is 12.2 Å². The van der Waals surface area contributed by atoms with Gasteiger partial charge in [-0.15, -0.1) is 0 Å². The molecule has 1 aromatic carbocycles. The van der Waals surface area contributed by atoms with Crippen LogP contribution < -0.4 is 20.5 Å². The number of ether oxygens (including phenoxy) is 2. The Morgan fingerprint density at radius 3 is 2.76 bits per heavy atom. The molecule has 1 aromatic rings. The van der Waals surface area contributed by atoms with Crippen LogP contribution in [-0.2, 0) is 0 Å². The molecule has 2 rings (SSSR count). The van der Waals surface area contributed by atoms with Crippen molar-refractivity contribution in [2.75, 3.05) is 26.3 Å². The Morgan fingerprint density at radius 2 is 2.06 bits per heavy atom. The Hall–Kier alpha value is -1.26. The van der Waals surface area contributed by atoms with Crippen molar-refractivity contribution < 1.29 is 9.47 Å². The van der Waals surface area contributed by atoms with Crippen molar-refractivity contribution in [1.82, 2.24) is 5.32 Å². The average molecular weight is 236 g/mol. The first kappa shape index (κ1) is 12.2. The summed E-state index contributed by atoms with van der Waals surface area (Å²) in [6.07, 6.45) is 1.10. The Balaban J connectivity index is 2.13. The number of benzene rings is 1. The van der Waals surface area contributed by atoms with E-state index in [1.54, 1.807) is 0 Å². The van der Waals surface area contributed by atoms with Crippen molar-refractivity contribution in [3.63, 3.8) is 0 Å². The number of nitrogens with two attached hydrogens (primary N) is 1. The van der Waals surface area contributed by atoms with Crippen molar-refractivity contribution in [1.29, 1.82) is 0 Å². The van der Waals surface area contributed by atoms with Crippen molar-refractivity contribution in [3.8, 4) is 11.5 Å². The first-order chi connectivity index (χ1) is 8.35. The summed E-state index contributed by atoms with van der Waals surface area (Å²) in [5, 5.41) is 3.42. The molecule has 17 heavy (non-hydrogen) atoms. The van der Waals surface area contributed by atoms with Crippen LogP contribution in [0.15, 0.2) is 18.2 Å². The highest BCUT2D eigenvalue weighted by atomic mass is 16.6. The molecule has 1 aliphatic heterocycles. The van der Waals surface area contributed by atoms with Gasteiger partial charge in [-0.2, -0.15) is 0 Å². The van der Waals surface area contributed by atoms with Crippen molar-refractivity contribution in [2.24, 2.45) is 5.73 Å². The van der Waals surface area contributed by atoms with E-state index in [0.717, 1.165) is 30.0 Å². The Kier molecular flexibility index (Phi) is 4.23. The van der Waals surface area contributed by atoms with Gasteiger partial charge in [0.05, 0.1) is 0 Å². The van der Waals surface area contributed by atoms with Crippen LogP contribution in [0.2, 0.25) is 0 Å². The van der Waals surface area contributed by atoms with Crippen LogP contribution in [0, 0.1) is 0 Å². The molecular weight excluding hydrogens is 216 g/mol. The molecule has 0 bridgehead atoms. The molecule has 1 unspecified atom stereocenters. The summed E-state index contributed by atoms with van der Waals surface area (Å²) in [6, 6.07) is 6.22. The van der Waals surface area contributed by atoms with Crippen molar-refractivity contribution >= 4 is 0 Å². The van der Waals surface area contributed by atoms with Gasteiger partial charge in [0.1, 0.15) is 13.2 Å². The van der Waals surface area contributed by atoms with Crippen molar-refractivity contribution in [2.45, 2.75) is 19.4 Å². The lowest BCUT2D eigenvalue weighted by Crippen LogP contribution is -2.29. The number of hydrogen-bond donors (Lipinski definition) is 2. The second-order valence-corrected chi connectivity index (χ2v) is 4.15. The van der Waals surface area contributed by atoms with E-state index in [0.29, 0.717) is 19.8 Å². The highest BCUT2D eigenvalue weighted by Gasteiger charge is 2.15. The van der Waals surface area contributed by atoms with E-state index < -0.39 is 0 Å². The van der Waals surface area contributed by atoms with Gasteiger partial charge in [0, 0.05) is 12.6 Å². The Bertz CT molecular complexity index is 368. The van der Waals surface area contributed by atoms with Crippen molar-refractivity contribution in [3.05, 3.63) is 23.8 Å². The second kappa shape index (κ2) is 5.89. The summed E-state index contributed by atoms with van der Waals surface area (Å²) in [6.45, 7) is 4.94. The third kappa shape index (κ3) is 2.90. The van der Waals surface area contributed by atoms with Crippen LogP contribution in [0.1, 0.15) is 24.9 Å². The molecule has 94 valence electrons. The molecule has 0 saturated heterocycles. The summed E-state index contributed by atoms with van der Waals surface area (Å²) in [5.41, 5.74) is 6.94. The number of hydrogen-bond acceptors (Lipinski definition) is 4. The Morgan fingerprint density at radius 1 is 1.29 bits per heavy atom. The average Bonchev–Trinajstić information content (AvgIpc) is 2.39. The maximum Gasteiger partial charge on any atom is 0.161 e. The fourth-order valence-corrected chi connectivity index (χ4v) is 1.93. The summed E-state index contributed by atoms with van der Waals surface area (Å²) in [4.78, 5) is 0. The molecule has 0 amide bonds. The molecule has 0 fully saturated rings. The molecule has 0 spiro atoms. The lowest BCUT2D eigenvalue weighted by atomic mass is 10.1. The SMILES string of the molecule is CCCNC(CN)c1ccc2c(c1)OCCO2. The van der Waals surface area contributed by atoms with E-state index in [1.807, 2.05) is 18.2 Å². The third-order valence-electron chi connectivity index (χ3n) is 2.85. The highest BCUT2D eigenvalue weighted by molar-refractivity contribution is 5.44. The molecule has 4 nitrogen and oxygen atoms in total. The normalized spacial score (nSPS) is 15.6. The van der Waals surface area contributed by atoms with Gasteiger partial charge in [-0.05, 0) is 30.7 Å². The summed E-state index contributed by atoms with van der Waals surface area (Å²) in [7, 11) is 0. The molecule has 1 aliphatic rings. The smallest absolute Gasteiger partial charge is 0.161 e. The van der Waals surface area contributed by atoms with Gasteiger partial charge >= 0.3 is 0 Å². The molecule has 4 heteroatoms. The quantitative estimate of drug-likeness (QED) is 0.812. The largest absolute Gasteiger partial charge is 0.486 e. The molecule has 3 N–H and O–H groups in total. The molecule has 0 aliphatic carbocycles. The van der Waals surface area contributed by atoms with Crippen LogP contribution in [0.25, 0.3) is 0 Å². The predicted octanol–water partition coefficient (Wildman–Crippen LogP) is 1.46. The molecule has 0 saturated carbocycles. The molecular formula is C13H20N2O2. The fourth-order valence-electron chi connectivity index (χ4n) is 1.93. The number of nitrogens with one attached hydrogen (secondary N) is 1. The van der Waals surface area contributed by atoms with Gasteiger partial charge in [0.15, 0.2) is 11.5 Å². The minimum Gasteiger partial charge on any atom is -0.486 e. The molecule has 1 heterocycles. The zero-order valence-corrected chi connectivity index (χ0v) is 10.2. The lowest BCUT2D eigenvalue weighted by molar-refractivity contribution is 0.171. The zero-order valence-electron chi connectivity index (χ0n) is 10.2. The van der Waals surface area contributed by atoms with Crippen LogP contribution in [0.4, 0.5) is 0 Å². The van der Waals surface area contributed by atoms with E-state index in [9.17, 15) is 0 Å². The standard InChI is InChI=1S/C13H20N2O2/c1-2-5-15-11(9-14)10-3-4-12-13(8-10)17-7-6-16-12/h3-4,8,11,15H,2,5-7,9,14H2,1H3. The topological polar surface area (TPSA) is 56.5 Å². The van der Waals surface area contributed by atoms with E-state index in [1.165, 1.54) is 0 Å². The van der Waals surface area contributed by atoms with Gasteiger partial charge in [0.2, 0.25) is 0 Å². The Labute approximate surface area is 102 Å². The fraction of sp³-hybridized carbons (Fsp3) is 0.538. The first-order valence-corrected chi connectivity index (χ1v) is 6.18. The maximum absolute atomic E-state index is 5.79. The van der Waals surface area contributed by atoms with E-state index >= 15 is 0 Å². The number of fused-ring (bicyclic) bond motifs is 1. The van der Waals surface area contributed by atoms with Gasteiger partial charge in [-0.25, -0.2) is 0 Å². The van der Waals surface area contributed by atoms with Crippen LogP contribution in [0.5, 0.6) is 11.5 Å². The predicted molar refractivity (Wildman–Crippen MR) is 67.5 cm³/mol. The monoisotopic (exact) mass is 236 g/mol. The third-order valence-corrected chi connectivity index (χ3v) is 2.85.